The van der Waals surface area contributed by atoms with E-state index in [4.69, 9.17) is 0 Å². The Bertz CT molecular complexity index is 670. The second-order valence-electron chi connectivity index (χ2n) is 6.93. The van der Waals surface area contributed by atoms with Crippen LogP contribution < -0.4 is 10.6 Å². The molecule has 26 heavy (non-hydrogen) atoms. The summed E-state index contributed by atoms with van der Waals surface area (Å²) >= 11 is 0. The van der Waals surface area contributed by atoms with Crippen molar-refractivity contribution in [3.63, 3.8) is 0 Å². The van der Waals surface area contributed by atoms with Crippen molar-refractivity contribution in [3.05, 3.63) is 30.3 Å². The molecule has 1 aromatic rings. The van der Waals surface area contributed by atoms with Crippen LogP contribution >= 0.6 is 12.4 Å². The van der Waals surface area contributed by atoms with Crippen LogP contribution in [0.1, 0.15) is 25.7 Å². The number of carbonyl (C=O) groups is 1. The van der Waals surface area contributed by atoms with Crippen LogP contribution in [0.25, 0.3) is 0 Å². The molecule has 1 amide bonds. The second-order valence-corrected chi connectivity index (χ2v) is 8.87. The van der Waals surface area contributed by atoms with E-state index in [-0.39, 0.29) is 24.2 Å². The van der Waals surface area contributed by atoms with Crippen molar-refractivity contribution < 1.29 is 13.2 Å². The average Bonchev–Trinajstić information content (AvgIpc) is 2.68. The molecule has 0 saturated carbocycles. The lowest BCUT2D eigenvalue weighted by Gasteiger charge is -2.31. The molecule has 0 bridgehead atoms. The lowest BCUT2D eigenvalue weighted by Crippen LogP contribution is -2.43. The van der Waals surface area contributed by atoms with Crippen LogP contribution in [-0.2, 0) is 14.8 Å². The highest BCUT2D eigenvalue weighted by molar-refractivity contribution is 7.89. The van der Waals surface area contributed by atoms with Crippen molar-refractivity contribution >= 4 is 28.3 Å². The molecule has 2 heterocycles. The number of hydrogen-bond donors (Lipinski definition) is 2. The number of rotatable bonds is 5. The quantitative estimate of drug-likeness (QED) is 0.785. The van der Waals surface area contributed by atoms with E-state index in [1.54, 1.807) is 28.6 Å². The van der Waals surface area contributed by atoms with E-state index in [0.29, 0.717) is 30.4 Å². The van der Waals surface area contributed by atoms with Gasteiger partial charge in [-0.3, -0.25) is 4.79 Å². The van der Waals surface area contributed by atoms with Gasteiger partial charge in [0.1, 0.15) is 0 Å². The van der Waals surface area contributed by atoms with E-state index in [2.05, 4.69) is 10.6 Å². The molecule has 1 aromatic carbocycles. The molecule has 0 aliphatic carbocycles. The molecule has 0 unspecified atom stereocenters. The van der Waals surface area contributed by atoms with Gasteiger partial charge in [-0.2, -0.15) is 4.31 Å². The predicted octanol–water partition coefficient (Wildman–Crippen LogP) is 1.62. The van der Waals surface area contributed by atoms with E-state index in [9.17, 15) is 13.2 Å². The third-order valence-electron chi connectivity index (χ3n) is 5.23. The number of nitrogens with zero attached hydrogens (tertiary/aromatic N) is 1. The van der Waals surface area contributed by atoms with Crippen molar-refractivity contribution in [1.82, 2.24) is 14.9 Å². The molecule has 0 radical (unpaired) electrons. The zero-order valence-electron chi connectivity index (χ0n) is 14.9. The summed E-state index contributed by atoms with van der Waals surface area (Å²) in [4.78, 5) is 12.6. The van der Waals surface area contributed by atoms with Gasteiger partial charge in [0.2, 0.25) is 15.9 Å². The molecule has 0 aromatic heterocycles. The summed E-state index contributed by atoms with van der Waals surface area (Å²) in [5, 5.41) is 6.34. The molecule has 0 atom stereocenters. The maximum atomic E-state index is 12.6. The Labute approximate surface area is 162 Å². The lowest BCUT2D eigenvalue weighted by atomic mass is 9.95. The molecule has 3 rings (SSSR count). The molecule has 2 aliphatic rings. The van der Waals surface area contributed by atoms with Crippen LogP contribution in [0.4, 0.5) is 0 Å². The number of amides is 1. The van der Waals surface area contributed by atoms with Gasteiger partial charge in [-0.05, 0) is 56.8 Å². The third kappa shape index (κ3) is 5.19. The summed E-state index contributed by atoms with van der Waals surface area (Å²) in [5.74, 6) is 0.633. The lowest BCUT2D eigenvalue weighted by molar-refractivity contribution is -0.126. The summed E-state index contributed by atoms with van der Waals surface area (Å²) in [5.41, 5.74) is 0. The SMILES string of the molecule is Cl.O=C(NCC1CCN(S(=O)(=O)c2ccccc2)CC1)C1CCNCC1. The minimum Gasteiger partial charge on any atom is -0.356 e. The van der Waals surface area contributed by atoms with Crippen LogP contribution in [0.15, 0.2) is 35.2 Å². The monoisotopic (exact) mass is 401 g/mol. The molecule has 8 heteroatoms. The van der Waals surface area contributed by atoms with Gasteiger partial charge >= 0.3 is 0 Å². The molecule has 2 aliphatic heterocycles. The first kappa shape index (κ1) is 21.2. The Hall–Kier alpha value is -1.15. The smallest absolute Gasteiger partial charge is 0.243 e. The van der Waals surface area contributed by atoms with Gasteiger partial charge in [-0.1, -0.05) is 18.2 Å². The molecule has 6 nitrogen and oxygen atoms in total. The fourth-order valence-corrected chi connectivity index (χ4v) is 5.06. The first-order valence-corrected chi connectivity index (χ1v) is 10.5. The highest BCUT2D eigenvalue weighted by Crippen LogP contribution is 2.23. The third-order valence-corrected chi connectivity index (χ3v) is 7.14. The van der Waals surface area contributed by atoms with E-state index in [0.717, 1.165) is 38.8 Å². The second kappa shape index (κ2) is 9.69. The molecule has 2 N–H and O–H groups in total. The number of nitrogens with one attached hydrogen (secondary N) is 2. The molecular formula is C18H28ClN3O3S. The molecular weight excluding hydrogens is 374 g/mol. The van der Waals surface area contributed by atoms with Gasteiger partial charge in [0.05, 0.1) is 4.90 Å². The van der Waals surface area contributed by atoms with Gasteiger partial charge in [0.25, 0.3) is 0 Å². The maximum absolute atomic E-state index is 12.6. The van der Waals surface area contributed by atoms with Gasteiger partial charge in [0, 0.05) is 25.6 Å². The van der Waals surface area contributed by atoms with Crippen molar-refractivity contribution in [1.29, 1.82) is 0 Å². The van der Waals surface area contributed by atoms with E-state index < -0.39 is 10.0 Å². The summed E-state index contributed by atoms with van der Waals surface area (Å²) in [6.45, 7) is 3.51. The Kier molecular flexibility index (Phi) is 7.88. The number of hydrogen-bond acceptors (Lipinski definition) is 4. The standard InChI is InChI=1S/C18H27N3O3S.ClH/c22-18(16-6-10-19-11-7-16)20-14-15-8-12-21(13-9-15)25(23,24)17-4-2-1-3-5-17;/h1-5,15-16,19H,6-14H2,(H,20,22);1H. The summed E-state index contributed by atoms with van der Waals surface area (Å²) in [6, 6.07) is 8.59. The molecule has 0 spiro atoms. The highest BCUT2D eigenvalue weighted by Gasteiger charge is 2.29. The van der Waals surface area contributed by atoms with E-state index in [1.807, 2.05) is 6.07 Å². The summed E-state index contributed by atoms with van der Waals surface area (Å²) in [7, 11) is -3.39. The number of halogens is 1. The van der Waals surface area contributed by atoms with Gasteiger partial charge in [0.15, 0.2) is 0 Å². The highest BCUT2D eigenvalue weighted by atomic mass is 35.5. The fraction of sp³-hybridized carbons (Fsp3) is 0.611. The van der Waals surface area contributed by atoms with E-state index in [1.165, 1.54) is 0 Å². The normalized spacial score (nSPS) is 20.3. The first-order chi connectivity index (χ1) is 12.1. The first-order valence-electron chi connectivity index (χ1n) is 9.11. The van der Waals surface area contributed by atoms with Crippen LogP contribution in [0.2, 0.25) is 0 Å². The minimum absolute atomic E-state index is 0. The van der Waals surface area contributed by atoms with Crippen molar-refractivity contribution in [2.45, 2.75) is 30.6 Å². The Morgan fingerprint density at radius 1 is 1.08 bits per heavy atom. The zero-order valence-corrected chi connectivity index (χ0v) is 16.5. The van der Waals surface area contributed by atoms with Crippen LogP contribution in [0, 0.1) is 11.8 Å². The average molecular weight is 402 g/mol. The predicted molar refractivity (Wildman–Crippen MR) is 104 cm³/mol. The summed E-state index contributed by atoms with van der Waals surface area (Å²) < 4.78 is 26.8. The summed E-state index contributed by atoms with van der Waals surface area (Å²) in [6.07, 6.45) is 3.39. The zero-order chi connectivity index (χ0) is 17.7. The van der Waals surface area contributed by atoms with Gasteiger partial charge in [-0.25, -0.2) is 8.42 Å². The fourth-order valence-electron chi connectivity index (χ4n) is 3.57. The number of piperidine rings is 2. The van der Waals surface area contributed by atoms with Crippen LogP contribution in [-0.4, -0.2) is 51.4 Å². The Morgan fingerprint density at radius 2 is 1.69 bits per heavy atom. The van der Waals surface area contributed by atoms with E-state index >= 15 is 0 Å². The Morgan fingerprint density at radius 3 is 2.31 bits per heavy atom. The van der Waals surface area contributed by atoms with Gasteiger partial charge in [-0.15, -0.1) is 12.4 Å². The van der Waals surface area contributed by atoms with Crippen molar-refractivity contribution in [2.75, 3.05) is 32.7 Å². The maximum Gasteiger partial charge on any atom is 0.243 e. The van der Waals surface area contributed by atoms with Gasteiger partial charge < -0.3 is 10.6 Å². The van der Waals surface area contributed by atoms with Crippen LogP contribution in [0.5, 0.6) is 0 Å². The molecule has 146 valence electrons. The Balaban J connectivity index is 0.00000243. The molecule has 2 saturated heterocycles. The van der Waals surface area contributed by atoms with Crippen molar-refractivity contribution in [3.8, 4) is 0 Å². The largest absolute Gasteiger partial charge is 0.356 e. The van der Waals surface area contributed by atoms with Crippen molar-refractivity contribution in [2.24, 2.45) is 11.8 Å². The topological polar surface area (TPSA) is 78.5 Å². The number of sulfonamides is 1. The number of carbonyl (C=O) groups excluding carboxylic acids is 1. The minimum atomic E-state index is -3.39. The van der Waals surface area contributed by atoms with Crippen LogP contribution in [0.3, 0.4) is 0 Å². The molecule has 2 fully saturated rings. The number of benzene rings is 1.